The van der Waals surface area contributed by atoms with Crippen LogP contribution in [0.5, 0.6) is 5.88 Å². The van der Waals surface area contributed by atoms with E-state index in [4.69, 9.17) is 14.9 Å². The molecule has 2 heterocycles. The van der Waals surface area contributed by atoms with Gasteiger partial charge in [-0.2, -0.15) is 0 Å². The molecule has 0 unspecified atom stereocenters. The van der Waals surface area contributed by atoms with Gasteiger partial charge < -0.3 is 14.9 Å². The summed E-state index contributed by atoms with van der Waals surface area (Å²) in [7, 11) is 1.56. The third kappa shape index (κ3) is 2.53. The molecule has 16 heavy (non-hydrogen) atoms. The number of aromatic nitrogens is 1. The first-order valence-electron chi connectivity index (χ1n) is 5.14. The molecule has 0 aliphatic carbocycles. The molecule has 0 radical (unpaired) electrons. The van der Waals surface area contributed by atoms with Crippen LogP contribution in [-0.4, -0.2) is 12.1 Å². The number of nitrogen functional groups attached to an aromatic ring is 1. The number of pyridine rings is 1. The SMILES string of the molecule is CC.COc1ncc(N)cc1-c1ccco1. The predicted molar refractivity (Wildman–Crippen MR) is 64.3 cm³/mol. The van der Waals surface area contributed by atoms with Gasteiger partial charge in [0.05, 0.1) is 30.8 Å². The summed E-state index contributed by atoms with van der Waals surface area (Å²) < 4.78 is 10.3. The molecule has 0 bridgehead atoms. The Kier molecular flexibility index (Phi) is 4.39. The van der Waals surface area contributed by atoms with Gasteiger partial charge in [0, 0.05) is 0 Å². The van der Waals surface area contributed by atoms with Crippen LogP contribution in [0.2, 0.25) is 0 Å². The highest BCUT2D eigenvalue weighted by molar-refractivity contribution is 5.67. The van der Waals surface area contributed by atoms with E-state index in [0.717, 1.165) is 5.56 Å². The molecular formula is C12H16N2O2. The van der Waals surface area contributed by atoms with E-state index in [1.165, 1.54) is 0 Å². The van der Waals surface area contributed by atoms with Crippen LogP contribution in [0.3, 0.4) is 0 Å². The van der Waals surface area contributed by atoms with E-state index in [1.807, 2.05) is 19.9 Å². The van der Waals surface area contributed by atoms with Gasteiger partial charge in [0.25, 0.3) is 0 Å². The Morgan fingerprint density at radius 3 is 2.69 bits per heavy atom. The van der Waals surface area contributed by atoms with Gasteiger partial charge in [-0.05, 0) is 18.2 Å². The lowest BCUT2D eigenvalue weighted by atomic mass is 10.2. The lowest BCUT2D eigenvalue weighted by molar-refractivity contribution is 0.398. The summed E-state index contributed by atoms with van der Waals surface area (Å²) >= 11 is 0. The lowest BCUT2D eigenvalue weighted by Gasteiger charge is -2.04. The first kappa shape index (κ1) is 12.1. The third-order valence-electron chi connectivity index (χ3n) is 1.85. The minimum Gasteiger partial charge on any atom is -0.480 e. The van der Waals surface area contributed by atoms with Crippen LogP contribution >= 0.6 is 0 Å². The number of hydrogen-bond acceptors (Lipinski definition) is 4. The Labute approximate surface area is 95.1 Å². The Bertz CT molecular complexity index is 425. The van der Waals surface area contributed by atoms with Crippen molar-refractivity contribution in [3.63, 3.8) is 0 Å². The van der Waals surface area contributed by atoms with Crippen molar-refractivity contribution in [2.45, 2.75) is 13.8 Å². The number of anilines is 1. The zero-order valence-electron chi connectivity index (χ0n) is 9.73. The van der Waals surface area contributed by atoms with Crippen LogP contribution < -0.4 is 10.5 Å². The molecule has 0 aliphatic rings. The van der Waals surface area contributed by atoms with E-state index in [-0.39, 0.29) is 0 Å². The van der Waals surface area contributed by atoms with Gasteiger partial charge >= 0.3 is 0 Å². The second kappa shape index (κ2) is 5.80. The van der Waals surface area contributed by atoms with Crippen molar-refractivity contribution >= 4 is 5.69 Å². The Hall–Kier alpha value is -1.97. The Morgan fingerprint density at radius 1 is 1.38 bits per heavy atom. The summed E-state index contributed by atoms with van der Waals surface area (Å²) in [6.07, 6.45) is 3.14. The number of methoxy groups -OCH3 is 1. The van der Waals surface area contributed by atoms with Crippen LogP contribution in [0.4, 0.5) is 5.69 Å². The average Bonchev–Trinajstić information content (AvgIpc) is 2.85. The molecule has 0 aromatic carbocycles. The Balaban J connectivity index is 0.000000606. The maximum Gasteiger partial charge on any atom is 0.224 e. The molecule has 2 rings (SSSR count). The van der Waals surface area contributed by atoms with Gasteiger partial charge in [-0.15, -0.1) is 0 Å². The van der Waals surface area contributed by atoms with Crippen LogP contribution in [0.1, 0.15) is 13.8 Å². The molecule has 0 fully saturated rings. The summed E-state index contributed by atoms with van der Waals surface area (Å²) in [4.78, 5) is 4.05. The number of nitrogens with two attached hydrogens (primary N) is 1. The highest BCUT2D eigenvalue weighted by atomic mass is 16.5. The van der Waals surface area contributed by atoms with Crippen molar-refractivity contribution in [3.8, 4) is 17.2 Å². The van der Waals surface area contributed by atoms with Crippen molar-refractivity contribution in [3.05, 3.63) is 30.7 Å². The molecule has 0 saturated heterocycles. The number of furan rings is 1. The average molecular weight is 220 g/mol. The second-order valence-electron chi connectivity index (χ2n) is 2.80. The quantitative estimate of drug-likeness (QED) is 0.845. The molecule has 4 heteroatoms. The first-order valence-corrected chi connectivity index (χ1v) is 5.14. The molecule has 0 aliphatic heterocycles. The summed E-state index contributed by atoms with van der Waals surface area (Å²) in [5, 5.41) is 0. The van der Waals surface area contributed by atoms with Gasteiger partial charge in [0.2, 0.25) is 5.88 Å². The van der Waals surface area contributed by atoms with Gasteiger partial charge in [-0.3, -0.25) is 0 Å². The minimum atomic E-state index is 0.508. The minimum absolute atomic E-state index is 0.508. The third-order valence-corrected chi connectivity index (χ3v) is 1.85. The van der Waals surface area contributed by atoms with E-state index in [9.17, 15) is 0 Å². The van der Waals surface area contributed by atoms with Gasteiger partial charge in [-0.25, -0.2) is 4.98 Å². The molecule has 0 amide bonds. The van der Waals surface area contributed by atoms with Crippen molar-refractivity contribution in [1.82, 2.24) is 4.98 Å². The highest BCUT2D eigenvalue weighted by Crippen LogP contribution is 2.29. The van der Waals surface area contributed by atoms with Gasteiger partial charge in [0.15, 0.2) is 0 Å². The highest BCUT2D eigenvalue weighted by Gasteiger charge is 2.09. The molecule has 2 aromatic heterocycles. The fourth-order valence-corrected chi connectivity index (χ4v) is 1.24. The normalized spacial score (nSPS) is 9.19. The molecule has 4 nitrogen and oxygen atoms in total. The zero-order chi connectivity index (χ0) is 12.0. The van der Waals surface area contributed by atoms with Gasteiger partial charge in [-0.1, -0.05) is 13.8 Å². The molecule has 0 saturated carbocycles. The van der Waals surface area contributed by atoms with E-state index < -0.39 is 0 Å². The molecule has 0 spiro atoms. The predicted octanol–water partition coefficient (Wildman–Crippen LogP) is 2.96. The van der Waals surface area contributed by atoms with Crippen LogP contribution in [0, 0.1) is 0 Å². The largest absolute Gasteiger partial charge is 0.480 e. The monoisotopic (exact) mass is 220 g/mol. The molecule has 0 atom stereocenters. The maximum atomic E-state index is 5.63. The topological polar surface area (TPSA) is 61.3 Å². The molecule has 2 N–H and O–H groups in total. The van der Waals surface area contributed by atoms with Crippen molar-refractivity contribution < 1.29 is 9.15 Å². The van der Waals surface area contributed by atoms with E-state index in [0.29, 0.717) is 17.3 Å². The molecule has 86 valence electrons. The van der Waals surface area contributed by atoms with Crippen LogP contribution in [-0.2, 0) is 0 Å². The maximum absolute atomic E-state index is 5.63. The summed E-state index contributed by atoms with van der Waals surface area (Å²) in [6, 6.07) is 5.40. The van der Waals surface area contributed by atoms with E-state index in [2.05, 4.69) is 4.98 Å². The summed E-state index contributed by atoms with van der Waals surface area (Å²) in [5.41, 5.74) is 6.97. The van der Waals surface area contributed by atoms with Crippen LogP contribution in [0.15, 0.2) is 35.1 Å². The number of hydrogen-bond donors (Lipinski definition) is 1. The van der Waals surface area contributed by atoms with E-state index in [1.54, 1.807) is 31.7 Å². The lowest BCUT2D eigenvalue weighted by Crippen LogP contribution is -1.93. The molecular weight excluding hydrogens is 204 g/mol. The van der Waals surface area contributed by atoms with Crippen LogP contribution in [0.25, 0.3) is 11.3 Å². The smallest absolute Gasteiger partial charge is 0.224 e. The number of rotatable bonds is 2. The van der Waals surface area contributed by atoms with Crippen molar-refractivity contribution in [2.24, 2.45) is 0 Å². The zero-order valence-corrected chi connectivity index (χ0v) is 9.73. The number of nitrogens with zero attached hydrogens (tertiary/aromatic N) is 1. The van der Waals surface area contributed by atoms with E-state index >= 15 is 0 Å². The summed E-state index contributed by atoms with van der Waals surface area (Å²) in [6.45, 7) is 4.00. The Morgan fingerprint density at radius 2 is 2.12 bits per heavy atom. The second-order valence-corrected chi connectivity index (χ2v) is 2.80. The summed E-state index contributed by atoms with van der Waals surface area (Å²) in [5.74, 6) is 1.20. The van der Waals surface area contributed by atoms with Crippen molar-refractivity contribution in [2.75, 3.05) is 12.8 Å². The number of ether oxygens (including phenoxy) is 1. The first-order chi connectivity index (χ1) is 7.81. The van der Waals surface area contributed by atoms with Crippen molar-refractivity contribution in [1.29, 1.82) is 0 Å². The molecule has 2 aromatic rings. The fraction of sp³-hybridized carbons (Fsp3) is 0.250. The fourth-order valence-electron chi connectivity index (χ4n) is 1.24. The van der Waals surface area contributed by atoms with Gasteiger partial charge in [0.1, 0.15) is 5.76 Å². The standard InChI is InChI=1S/C10H10N2O2.C2H6/c1-13-10-8(5-7(11)6-12-10)9-3-2-4-14-9;1-2/h2-6H,11H2,1H3;1-2H3.